The Bertz CT molecular complexity index is 996. The number of benzene rings is 2. The molecule has 26 heavy (non-hydrogen) atoms. The predicted octanol–water partition coefficient (Wildman–Crippen LogP) is 3.20. The number of H-pyrrole nitrogens is 1. The third-order valence-corrected chi connectivity index (χ3v) is 4.43. The van der Waals surface area contributed by atoms with E-state index in [1.165, 1.54) is 0 Å². The summed E-state index contributed by atoms with van der Waals surface area (Å²) < 4.78 is 10.7. The molecule has 4 rings (SSSR count). The van der Waals surface area contributed by atoms with Crippen LogP contribution in [0.2, 0.25) is 0 Å². The normalized spacial score (nSPS) is 12.7. The molecule has 0 fully saturated rings. The number of hydrogen-bond acceptors (Lipinski definition) is 4. The average molecular weight is 366 g/mol. The van der Waals surface area contributed by atoms with Gasteiger partial charge in [0.05, 0.1) is 6.21 Å². The van der Waals surface area contributed by atoms with Crippen LogP contribution < -0.4 is 20.2 Å². The first kappa shape index (κ1) is 16.4. The minimum atomic E-state index is 0.272. The lowest BCUT2D eigenvalue weighted by Gasteiger charge is -2.07. The summed E-state index contributed by atoms with van der Waals surface area (Å²) in [5.74, 6) is 1.53. The van der Waals surface area contributed by atoms with E-state index in [-0.39, 0.29) is 6.79 Å². The molecule has 0 bridgehead atoms. The Morgan fingerprint density at radius 1 is 1.23 bits per heavy atom. The Morgan fingerprint density at radius 3 is 3.00 bits per heavy atom. The van der Waals surface area contributed by atoms with Gasteiger partial charge in [0.1, 0.15) is 0 Å². The number of para-hydroxylation sites is 1. The zero-order valence-corrected chi connectivity index (χ0v) is 15.0. The number of fused-ring (bicyclic) bond motifs is 2. The summed E-state index contributed by atoms with van der Waals surface area (Å²) in [4.78, 5) is 3.34. The Balaban J connectivity index is 1.35. The Morgan fingerprint density at radius 2 is 2.08 bits per heavy atom. The standard InChI is InChI=1S/C19H18N4O2S/c1-12-15(14-4-2-3-5-16(14)22-12)10-21-23-19(26)20-9-13-6-7-17-18(8-13)25-11-24-17/h2-8,10,22H,9,11H2,1H3,(H2,20,23,26)/b21-10+. The quantitative estimate of drug-likeness (QED) is 0.376. The van der Waals surface area contributed by atoms with Crippen LogP contribution in [0.15, 0.2) is 47.6 Å². The number of aromatic nitrogens is 1. The van der Waals surface area contributed by atoms with Gasteiger partial charge in [0.2, 0.25) is 6.79 Å². The van der Waals surface area contributed by atoms with Gasteiger partial charge in [0.25, 0.3) is 0 Å². The highest BCUT2D eigenvalue weighted by atomic mass is 32.1. The third kappa shape index (κ3) is 3.34. The van der Waals surface area contributed by atoms with Crippen molar-refractivity contribution in [3.63, 3.8) is 0 Å². The van der Waals surface area contributed by atoms with E-state index in [4.69, 9.17) is 21.7 Å². The first-order chi connectivity index (χ1) is 12.7. The highest BCUT2D eigenvalue weighted by Gasteiger charge is 2.13. The lowest BCUT2D eigenvalue weighted by atomic mass is 10.1. The highest BCUT2D eigenvalue weighted by Crippen LogP contribution is 2.32. The molecular weight excluding hydrogens is 348 g/mol. The van der Waals surface area contributed by atoms with E-state index in [2.05, 4.69) is 26.9 Å². The molecule has 1 aliphatic rings. The molecule has 2 heterocycles. The van der Waals surface area contributed by atoms with Gasteiger partial charge in [-0.1, -0.05) is 24.3 Å². The minimum Gasteiger partial charge on any atom is -0.454 e. The van der Waals surface area contributed by atoms with E-state index in [0.29, 0.717) is 11.7 Å². The van der Waals surface area contributed by atoms with E-state index in [1.807, 2.05) is 43.3 Å². The summed E-state index contributed by atoms with van der Waals surface area (Å²) in [6.07, 6.45) is 1.78. The van der Waals surface area contributed by atoms with Gasteiger partial charge in [0.15, 0.2) is 16.6 Å². The topological polar surface area (TPSA) is 70.7 Å². The van der Waals surface area contributed by atoms with Crippen molar-refractivity contribution in [2.75, 3.05) is 6.79 Å². The number of nitrogens with zero attached hydrogens (tertiary/aromatic N) is 1. The molecule has 0 aliphatic carbocycles. The van der Waals surface area contributed by atoms with Gasteiger partial charge in [0, 0.05) is 28.7 Å². The molecule has 0 saturated carbocycles. The molecule has 1 aliphatic heterocycles. The summed E-state index contributed by atoms with van der Waals surface area (Å²) in [5.41, 5.74) is 7.11. The van der Waals surface area contributed by atoms with Crippen molar-refractivity contribution >= 4 is 34.4 Å². The molecule has 2 aromatic carbocycles. The SMILES string of the molecule is Cc1[nH]c2ccccc2c1/C=N/NC(=S)NCc1ccc2c(c1)OCO2. The number of thiocarbonyl (C=S) groups is 1. The minimum absolute atomic E-state index is 0.272. The number of ether oxygens (including phenoxy) is 2. The fraction of sp³-hybridized carbons (Fsp3) is 0.158. The number of aryl methyl sites for hydroxylation is 1. The van der Waals surface area contributed by atoms with Gasteiger partial charge in [-0.2, -0.15) is 5.10 Å². The van der Waals surface area contributed by atoms with Crippen LogP contribution in [0.1, 0.15) is 16.8 Å². The summed E-state index contributed by atoms with van der Waals surface area (Å²) in [5, 5.41) is 8.96. The molecule has 6 nitrogen and oxygen atoms in total. The number of rotatable bonds is 4. The summed E-state index contributed by atoms with van der Waals surface area (Å²) >= 11 is 5.28. The monoisotopic (exact) mass is 366 g/mol. The molecule has 0 atom stereocenters. The Hall–Kier alpha value is -3.06. The first-order valence-corrected chi connectivity index (χ1v) is 8.64. The maximum Gasteiger partial charge on any atom is 0.231 e. The van der Waals surface area contributed by atoms with E-state index in [1.54, 1.807) is 6.21 Å². The zero-order valence-electron chi connectivity index (χ0n) is 14.2. The van der Waals surface area contributed by atoms with Gasteiger partial charge >= 0.3 is 0 Å². The molecule has 0 amide bonds. The van der Waals surface area contributed by atoms with Crippen LogP contribution in [0.25, 0.3) is 10.9 Å². The molecule has 132 valence electrons. The zero-order chi connectivity index (χ0) is 17.9. The second-order valence-electron chi connectivity index (χ2n) is 5.95. The van der Waals surface area contributed by atoms with Crippen molar-refractivity contribution in [3.8, 4) is 11.5 Å². The lowest BCUT2D eigenvalue weighted by molar-refractivity contribution is 0.174. The van der Waals surface area contributed by atoms with E-state index < -0.39 is 0 Å². The molecule has 3 aromatic rings. The van der Waals surface area contributed by atoms with Crippen LogP contribution in [0.3, 0.4) is 0 Å². The smallest absolute Gasteiger partial charge is 0.231 e. The largest absolute Gasteiger partial charge is 0.454 e. The van der Waals surface area contributed by atoms with E-state index >= 15 is 0 Å². The highest BCUT2D eigenvalue weighted by molar-refractivity contribution is 7.80. The maximum atomic E-state index is 5.37. The first-order valence-electron chi connectivity index (χ1n) is 8.23. The van der Waals surface area contributed by atoms with Gasteiger partial charge in [-0.3, -0.25) is 5.43 Å². The van der Waals surface area contributed by atoms with Gasteiger partial charge < -0.3 is 19.8 Å². The fourth-order valence-electron chi connectivity index (χ4n) is 2.89. The van der Waals surface area contributed by atoms with Crippen molar-refractivity contribution < 1.29 is 9.47 Å². The second-order valence-corrected chi connectivity index (χ2v) is 6.36. The second kappa shape index (κ2) is 7.05. The molecule has 0 radical (unpaired) electrons. The van der Waals surface area contributed by atoms with Gasteiger partial charge in [-0.25, -0.2) is 0 Å². The van der Waals surface area contributed by atoms with Gasteiger partial charge in [-0.05, 0) is 42.9 Å². The lowest BCUT2D eigenvalue weighted by Crippen LogP contribution is -2.31. The van der Waals surface area contributed by atoms with E-state index in [9.17, 15) is 0 Å². The summed E-state index contributed by atoms with van der Waals surface area (Å²) in [6.45, 7) is 2.87. The van der Waals surface area contributed by atoms with Crippen LogP contribution in [0.4, 0.5) is 0 Å². The third-order valence-electron chi connectivity index (χ3n) is 4.19. The summed E-state index contributed by atoms with van der Waals surface area (Å²) in [7, 11) is 0. The molecule has 0 saturated heterocycles. The van der Waals surface area contributed by atoms with Crippen LogP contribution >= 0.6 is 12.2 Å². The molecule has 0 spiro atoms. The van der Waals surface area contributed by atoms with Crippen LogP contribution in [0.5, 0.6) is 11.5 Å². The van der Waals surface area contributed by atoms with Crippen molar-refractivity contribution in [2.45, 2.75) is 13.5 Å². The van der Waals surface area contributed by atoms with Crippen molar-refractivity contribution in [2.24, 2.45) is 5.10 Å². The maximum absolute atomic E-state index is 5.37. The molecule has 3 N–H and O–H groups in total. The number of nitrogens with one attached hydrogen (secondary N) is 3. The van der Waals surface area contributed by atoms with Crippen molar-refractivity contribution in [3.05, 3.63) is 59.3 Å². The number of aromatic amines is 1. The molecule has 1 aromatic heterocycles. The molecule has 0 unspecified atom stereocenters. The fourth-order valence-corrected chi connectivity index (χ4v) is 3.02. The van der Waals surface area contributed by atoms with Crippen molar-refractivity contribution in [1.82, 2.24) is 15.7 Å². The van der Waals surface area contributed by atoms with Gasteiger partial charge in [-0.15, -0.1) is 0 Å². The van der Waals surface area contributed by atoms with Crippen LogP contribution in [0, 0.1) is 6.92 Å². The summed E-state index contributed by atoms with van der Waals surface area (Å²) in [6, 6.07) is 13.9. The van der Waals surface area contributed by atoms with E-state index in [0.717, 1.165) is 39.2 Å². The average Bonchev–Trinajstić information content (AvgIpc) is 3.24. The number of hydrogen-bond donors (Lipinski definition) is 3. The Labute approximate surface area is 156 Å². The molecular formula is C19H18N4O2S. The Kier molecular flexibility index (Phi) is 4.45. The van der Waals surface area contributed by atoms with Crippen molar-refractivity contribution in [1.29, 1.82) is 0 Å². The van der Waals surface area contributed by atoms with Crippen LogP contribution in [-0.2, 0) is 6.54 Å². The predicted molar refractivity (Wildman–Crippen MR) is 106 cm³/mol. The molecule has 7 heteroatoms. The van der Waals surface area contributed by atoms with Crippen LogP contribution in [-0.4, -0.2) is 23.1 Å². The number of hydrazone groups is 1.